The van der Waals surface area contributed by atoms with Gasteiger partial charge in [0, 0.05) is 19.3 Å². The summed E-state index contributed by atoms with van der Waals surface area (Å²) in [5.74, 6) is -0.674. The second-order valence-electron chi connectivity index (χ2n) is 5.23. The lowest BCUT2D eigenvalue weighted by Gasteiger charge is -2.18. The highest BCUT2D eigenvalue weighted by molar-refractivity contribution is 7.81. The number of amides is 1. The number of aromatic nitrogens is 1. The van der Waals surface area contributed by atoms with E-state index in [1.54, 1.807) is 4.90 Å². The van der Waals surface area contributed by atoms with Gasteiger partial charge < -0.3 is 13.8 Å². The number of ether oxygens (including phenoxy) is 1. The molecule has 2 heterocycles. The van der Waals surface area contributed by atoms with Crippen molar-refractivity contribution in [3.8, 4) is 5.75 Å². The summed E-state index contributed by atoms with van der Waals surface area (Å²) >= 11 is 0. The number of nitrogens with zero attached hydrogens (tertiary/aromatic N) is 2. The van der Waals surface area contributed by atoms with Crippen LogP contribution in [0, 0.1) is 0 Å². The maximum atomic E-state index is 12.5. The van der Waals surface area contributed by atoms with Gasteiger partial charge in [-0.2, -0.15) is 8.42 Å². The molecule has 1 aromatic rings. The third-order valence-electron chi connectivity index (χ3n) is 3.05. The van der Waals surface area contributed by atoms with Crippen LogP contribution in [0.15, 0.2) is 18.5 Å². The van der Waals surface area contributed by atoms with Crippen molar-refractivity contribution in [1.82, 2.24) is 9.88 Å². The maximum absolute atomic E-state index is 12.5. The summed E-state index contributed by atoms with van der Waals surface area (Å²) in [4.78, 5) is 17.6. The summed E-state index contributed by atoms with van der Waals surface area (Å²) in [6.45, 7) is 4.82. The molecule has 1 saturated heterocycles. The van der Waals surface area contributed by atoms with Gasteiger partial charge in [0.1, 0.15) is 0 Å². The zero-order valence-electron chi connectivity index (χ0n) is 12.2. The van der Waals surface area contributed by atoms with Gasteiger partial charge in [0.2, 0.25) is 0 Å². The molecule has 0 radical (unpaired) electrons. The van der Waals surface area contributed by atoms with Crippen molar-refractivity contribution in [1.29, 1.82) is 0 Å². The minimum Gasteiger partial charge on any atom is -0.374 e. The zero-order chi connectivity index (χ0) is 16.3. The Hall–Kier alpha value is -1.74. The number of hydrogen-bond donors (Lipinski definition) is 0. The number of pyridine rings is 1. The third-order valence-corrected chi connectivity index (χ3v) is 3.44. The van der Waals surface area contributed by atoms with Crippen LogP contribution in [-0.2, 0) is 15.2 Å². The molecule has 0 unspecified atom stereocenters. The molecule has 0 aliphatic carbocycles. The standard InChI is InChI=1S/C13H17FN2O5S/c1-9(2)20-11-3-4-16(8-11)13(17)10-5-12(7-15-6-10)21-22(14,18)19/h5-7,9,11H,3-4,8H2,1-2H3/t11-/m1/s1. The van der Waals surface area contributed by atoms with Crippen molar-refractivity contribution in [3.05, 3.63) is 24.0 Å². The average Bonchev–Trinajstić information content (AvgIpc) is 2.83. The molecular weight excluding hydrogens is 315 g/mol. The Morgan fingerprint density at radius 2 is 2.18 bits per heavy atom. The molecule has 1 atom stereocenters. The summed E-state index contributed by atoms with van der Waals surface area (Å²) in [6, 6.07) is 1.14. The predicted molar refractivity (Wildman–Crippen MR) is 75.4 cm³/mol. The van der Waals surface area contributed by atoms with E-state index >= 15 is 0 Å². The van der Waals surface area contributed by atoms with E-state index in [4.69, 9.17) is 4.74 Å². The third kappa shape index (κ3) is 4.63. The molecule has 0 spiro atoms. The number of carbonyl (C=O) groups is 1. The van der Waals surface area contributed by atoms with Gasteiger partial charge in [-0.05, 0) is 26.3 Å². The zero-order valence-corrected chi connectivity index (χ0v) is 13.0. The Kier molecular flexibility index (Phi) is 4.97. The van der Waals surface area contributed by atoms with Crippen molar-refractivity contribution in [3.63, 3.8) is 0 Å². The van der Waals surface area contributed by atoms with Crippen LogP contribution in [0.2, 0.25) is 0 Å². The van der Waals surface area contributed by atoms with E-state index in [0.29, 0.717) is 13.1 Å². The van der Waals surface area contributed by atoms with E-state index in [1.165, 1.54) is 6.20 Å². The first-order chi connectivity index (χ1) is 10.2. The Labute approximate surface area is 128 Å². The van der Waals surface area contributed by atoms with Crippen LogP contribution in [0.3, 0.4) is 0 Å². The Morgan fingerprint density at radius 3 is 2.82 bits per heavy atom. The van der Waals surface area contributed by atoms with Crippen molar-refractivity contribution in [2.45, 2.75) is 32.5 Å². The topological polar surface area (TPSA) is 85.8 Å². The maximum Gasteiger partial charge on any atom is 0.488 e. The van der Waals surface area contributed by atoms with E-state index in [9.17, 15) is 17.1 Å². The number of hydrogen-bond acceptors (Lipinski definition) is 6. The Bertz CT molecular complexity index is 650. The van der Waals surface area contributed by atoms with Gasteiger partial charge in [-0.25, -0.2) is 0 Å². The molecule has 122 valence electrons. The van der Waals surface area contributed by atoms with Crippen LogP contribution in [0.1, 0.15) is 30.6 Å². The van der Waals surface area contributed by atoms with E-state index in [1.807, 2.05) is 13.8 Å². The van der Waals surface area contributed by atoms with Crippen LogP contribution in [0.25, 0.3) is 0 Å². The number of likely N-dealkylation sites (tertiary alicyclic amines) is 1. The summed E-state index contributed by atoms with van der Waals surface area (Å²) in [5, 5.41) is 0. The number of carbonyl (C=O) groups excluding carboxylic acids is 1. The minimum absolute atomic E-state index is 0.0254. The molecule has 1 fully saturated rings. The average molecular weight is 332 g/mol. The van der Waals surface area contributed by atoms with Gasteiger partial charge >= 0.3 is 10.5 Å². The van der Waals surface area contributed by atoms with E-state index in [-0.39, 0.29) is 29.4 Å². The Morgan fingerprint density at radius 1 is 1.45 bits per heavy atom. The van der Waals surface area contributed by atoms with Crippen LogP contribution < -0.4 is 4.18 Å². The molecule has 22 heavy (non-hydrogen) atoms. The molecule has 1 amide bonds. The number of rotatable bonds is 5. The molecule has 1 aliphatic rings. The molecule has 0 N–H and O–H groups in total. The first-order valence-electron chi connectivity index (χ1n) is 6.78. The van der Waals surface area contributed by atoms with Crippen LogP contribution in [0.4, 0.5) is 3.89 Å². The fraction of sp³-hybridized carbons (Fsp3) is 0.538. The molecule has 7 nitrogen and oxygen atoms in total. The minimum atomic E-state index is -5.15. The molecular formula is C13H17FN2O5S. The summed E-state index contributed by atoms with van der Waals surface area (Å²) in [7, 11) is -5.15. The molecule has 1 aliphatic heterocycles. The lowest BCUT2D eigenvalue weighted by molar-refractivity contribution is 0.0139. The van der Waals surface area contributed by atoms with Gasteiger partial charge in [-0.15, -0.1) is 0 Å². The monoisotopic (exact) mass is 332 g/mol. The van der Waals surface area contributed by atoms with E-state index in [0.717, 1.165) is 18.7 Å². The van der Waals surface area contributed by atoms with Gasteiger partial charge in [-0.1, -0.05) is 3.89 Å². The molecule has 1 aromatic heterocycles. The fourth-order valence-electron chi connectivity index (χ4n) is 2.29. The van der Waals surface area contributed by atoms with Crippen LogP contribution in [-0.4, -0.2) is 49.5 Å². The van der Waals surface area contributed by atoms with E-state index in [2.05, 4.69) is 9.17 Å². The lowest BCUT2D eigenvalue weighted by Crippen LogP contribution is -2.30. The Balaban J connectivity index is 2.06. The summed E-state index contributed by atoms with van der Waals surface area (Å²) in [6.07, 6.45) is 3.07. The fourth-order valence-corrected chi connectivity index (χ4v) is 2.61. The largest absolute Gasteiger partial charge is 0.488 e. The molecule has 0 saturated carbocycles. The van der Waals surface area contributed by atoms with Crippen molar-refractivity contribution in [2.24, 2.45) is 0 Å². The molecule has 0 bridgehead atoms. The quantitative estimate of drug-likeness (QED) is 0.756. The predicted octanol–water partition coefficient (Wildman–Crippen LogP) is 1.31. The first-order valence-corrected chi connectivity index (χ1v) is 8.09. The SMILES string of the molecule is CC(C)O[C@@H]1CCN(C(=O)c2cncc(OS(=O)(=O)F)c2)C1. The normalized spacial score (nSPS) is 18.7. The summed E-state index contributed by atoms with van der Waals surface area (Å²) in [5.41, 5.74) is 0.131. The molecule has 0 aromatic carbocycles. The second-order valence-corrected chi connectivity index (χ2v) is 6.19. The highest BCUT2D eigenvalue weighted by Crippen LogP contribution is 2.20. The van der Waals surface area contributed by atoms with Crippen molar-refractivity contribution < 1.29 is 26.0 Å². The second kappa shape index (κ2) is 6.57. The number of halogens is 1. The molecule has 2 rings (SSSR count). The first kappa shape index (κ1) is 16.6. The van der Waals surface area contributed by atoms with Gasteiger partial charge in [0.15, 0.2) is 5.75 Å². The highest BCUT2D eigenvalue weighted by Gasteiger charge is 2.28. The van der Waals surface area contributed by atoms with Crippen LogP contribution >= 0.6 is 0 Å². The smallest absolute Gasteiger partial charge is 0.374 e. The summed E-state index contributed by atoms with van der Waals surface area (Å²) < 4.78 is 43.1. The highest BCUT2D eigenvalue weighted by atomic mass is 32.3. The van der Waals surface area contributed by atoms with E-state index < -0.39 is 10.5 Å². The van der Waals surface area contributed by atoms with Crippen molar-refractivity contribution in [2.75, 3.05) is 13.1 Å². The van der Waals surface area contributed by atoms with Crippen molar-refractivity contribution >= 4 is 16.4 Å². The van der Waals surface area contributed by atoms with Gasteiger partial charge in [0.05, 0.1) is 24.0 Å². The van der Waals surface area contributed by atoms with Gasteiger partial charge in [0.25, 0.3) is 5.91 Å². The van der Waals surface area contributed by atoms with Gasteiger partial charge in [-0.3, -0.25) is 9.78 Å². The lowest BCUT2D eigenvalue weighted by atomic mass is 10.2. The van der Waals surface area contributed by atoms with Crippen LogP contribution in [0.5, 0.6) is 5.75 Å². The molecule has 9 heteroatoms.